The van der Waals surface area contributed by atoms with Gasteiger partial charge in [-0.25, -0.2) is 4.39 Å². The van der Waals surface area contributed by atoms with Gasteiger partial charge in [-0.3, -0.25) is 14.5 Å². The molecule has 3 aromatic rings. The van der Waals surface area contributed by atoms with Crippen molar-refractivity contribution < 1.29 is 14.0 Å². The second-order valence-electron chi connectivity index (χ2n) is 9.19. The summed E-state index contributed by atoms with van der Waals surface area (Å²) in [5.74, 6) is -0.186. The molecule has 0 bridgehead atoms. The van der Waals surface area contributed by atoms with E-state index in [0.29, 0.717) is 24.6 Å². The number of hydrogen-bond acceptors (Lipinski definition) is 3. The number of carbonyl (C=O) groups is 2. The van der Waals surface area contributed by atoms with Crippen LogP contribution in [0.4, 0.5) is 10.1 Å². The van der Waals surface area contributed by atoms with E-state index >= 15 is 0 Å². The smallest absolute Gasteiger partial charge is 0.251 e. The van der Waals surface area contributed by atoms with Crippen LogP contribution >= 0.6 is 0 Å². The van der Waals surface area contributed by atoms with Crippen molar-refractivity contribution in [3.05, 3.63) is 102 Å². The van der Waals surface area contributed by atoms with Gasteiger partial charge in [0.25, 0.3) is 5.91 Å². The Hall–Kier alpha value is -3.51. The zero-order valence-electron chi connectivity index (χ0n) is 20.1. The van der Waals surface area contributed by atoms with E-state index in [4.69, 9.17) is 0 Å². The predicted molar refractivity (Wildman–Crippen MR) is 137 cm³/mol. The van der Waals surface area contributed by atoms with Crippen molar-refractivity contribution in [2.24, 2.45) is 5.92 Å². The third-order valence-corrected chi connectivity index (χ3v) is 6.64. The number of carbonyl (C=O) groups excluding carboxylic acids is 2. The number of amides is 2. The molecule has 1 aliphatic rings. The first-order valence-electron chi connectivity index (χ1n) is 12.1. The van der Waals surface area contributed by atoms with Crippen LogP contribution in [0.3, 0.4) is 0 Å². The highest BCUT2D eigenvalue weighted by molar-refractivity contribution is 5.94. The molecule has 0 unspecified atom stereocenters. The maximum atomic E-state index is 13.2. The summed E-state index contributed by atoms with van der Waals surface area (Å²) in [7, 11) is 0. The van der Waals surface area contributed by atoms with Gasteiger partial charge in [-0.15, -0.1) is 0 Å². The lowest BCUT2D eigenvalue weighted by Gasteiger charge is -2.41. The summed E-state index contributed by atoms with van der Waals surface area (Å²) >= 11 is 0. The summed E-state index contributed by atoms with van der Waals surface area (Å²) in [6.07, 6.45) is 1.89. The van der Waals surface area contributed by atoms with Gasteiger partial charge >= 0.3 is 0 Å². The van der Waals surface area contributed by atoms with Crippen LogP contribution < -0.4 is 10.2 Å². The highest BCUT2D eigenvalue weighted by Gasteiger charge is 2.30. The first-order chi connectivity index (χ1) is 17.0. The molecular weight excluding hydrogens is 441 g/mol. The number of halogens is 1. The van der Waals surface area contributed by atoms with E-state index in [1.165, 1.54) is 29.8 Å². The number of nitrogens with zero attached hydrogens (tertiary/aromatic N) is 2. The van der Waals surface area contributed by atoms with Gasteiger partial charge in [0.1, 0.15) is 5.82 Å². The molecule has 0 aliphatic carbocycles. The monoisotopic (exact) mass is 473 g/mol. The van der Waals surface area contributed by atoms with E-state index in [2.05, 4.69) is 22.3 Å². The zero-order chi connectivity index (χ0) is 24.6. The molecule has 2 atom stereocenters. The van der Waals surface area contributed by atoms with Crippen LogP contribution in [0, 0.1) is 11.7 Å². The Bertz CT molecular complexity index is 1110. The lowest BCUT2D eigenvalue weighted by molar-refractivity contribution is -0.116. The molecule has 1 saturated heterocycles. The molecule has 1 heterocycles. The molecular formula is C29H32FN3O2. The average Bonchev–Trinajstić information content (AvgIpc) is 2.88. The maximum absolute atomic E-state index is 13.2. The maximum Gasteiger partial charge on any atom is 0.251 e. The number of benzene rings is 3. The van der Waals surface area contributed by atoms with Crippen molar-refractivity contribution >= 4 is 17.5 Å². The molecule has 0 spiro atoms. The van der Waals surface area contributed by atoms with Crippen molar-refractivity contribution in [2.75, 3.05) is 24.5 Å². The fraction of sp³-hybridized carbons (Fsp3) is 0.310. The van der Waals surface area contributed by atoms with Crippen molar-refractivity contribution in [1.82, 2.24) is 10.2 Å². The molecule has 3 aromatic carbocycles. The van der Waals surface area contributed by atoms with Gasteiger partial charge < -0.3 is 10.2 Å². The van der Waals surface area contributed by atoms with Gasteiger partial charge in [-0.05, 0) is 60.7 Å². The van der Waals surface area contributed by atoms with E-state index < -0.39 is 0 Å². The lowest BCUT2D eigenvalue weighted by atomic mass is 9.91. The standard InChI is InChI=1S/C29H32FN3O2/c1-22(34)33(27-10-6-3-7-11-27)21-24-12-17-28(32(20-24)19-23-8-4-2-5-9-23)18-31-29(35)25-13-15-26(30)16-14-25/h2-11,13-16,24,28H,12,17-21H2,1H3,(H,31,35)/t24-,28-/m1/s1. The summed E-state index contributed by atoms with van der Waals surface area (Å²) in [4.78, 5) is 29.3. The number of rotatable bonds is 8. The molecule has 0 saturated carbocycles. The second kappa shape index (κ2) is 11.8. The summed E-state index contributed by atoms with van der Waals surface area (Å²) < 4.78 is 13.2. The van der Waals surface area contributed by atoms with Gasteiger partial charge in [0.2, 0.25) is 5.91 Å². The number of anilines is 1. The molecule has 1 N–H and O–H groups in total. The fourth-order valence-electron chi connectivity index (χ4n) is 4.77. The molecule has 6 heteroatoms. The highest BCUT2D eigenvalue weighted by Crippen LogP contribution is 2.26. The third-order valence-electron chi connectivity index (χ3n) is 6.64. The van der Waals surface area contributed by atoms with E-state index in [0.717, 1.165) is 31.6 Å². The molecule has 5 nitrogen and oxygen atoms in total. The summed E-state index contributed by atoms with van der Waals surface area (Å²) in [6, 6.07) is 25.9. The van der Waals surface area contributed by atoms with Crippen molar-refractivity contribution in [1.29, 1.82) is 0 Å². The molecule has 0 aromatic heterocycles. The molecule has 182 valence electrons. The SMILES string of the molecule is CC(=O)N(C[C@@H]1CC[C@H](CNC(=O)c2ccc(F)cc2)N(Cc2ccccc2)C1)c1ccccc1. The highest BCUT2D eigenvalue weighted by atomic mass is 19.1. The van der Waals surface area contributed by atoms with Crippen LogP contribution in [0.15, 0.2) is 84.9 Å². The molecule has 1 fully saturated rings. The predicted octanol–water partition coefficient (Wildman–Crippen LogP) is 4.89. The van der Waals surface area contributed by atoms with Crippen LogP contribution in [0.25, 0.3) is 0 Å². The Morgan fingerprint density at radius 2 is 1.60 bits per heavy atom. The molecule has 4 rings (SSSR count). The number of hydrogen-bond donors (Lipinski definition) is 1. The van der Waals surface area contributed by atoms with Crippen molar-refractivity contribution in [2.45, 2.75) is 32.4 Å². The van der Waals surface area contributed by atoms with E-state index in [-0.39, 0.29) is 23.7 Å². The number of nitrogens with one attached hydrogen (secondary N) is 1. The minimum atomic E-state index is -0.357. The first kappa shape index (κ1) is 24.6. The Morgan fingerprint density at radius 3 is 2.26 bits per heavy atom. The van der Waals surface area contributed by atoms with Gasteiger partial charge in [0, 0.05) is 50.4 Å². The van der Waals surface area contributed by atoms with Crippen LogP contribution in [0.2, 0.25) is 0 Å². The summed E-state index contributed by atoms with van der Waals surface area (Å²) in [5.41, 5.74) is 2.59. The topological polar surface area (TPSA) is 52.7 Å². The number of likely N-dealkylation sites (tertiary alicyclic amines) is 1. The van der Waals surface area contributed by atoms with Crippen LogP contribution in [-0.2, 0) is 11.3 Å². The van der Waals surface area contributed by atoms with Crippen molar-refractivity contribution in [3.8, 4) is 0 Å². The Balaban J connectivity index is 1.44. The second-order valence-corrected chi connectivity index (χ2v) is 9.19. The summed E-state index contributed by atoms with van der Waals surface area (Å²) in [5, 5.41) is 3.04. The molecule has 1 aliphatic heterocycles. The molecule has 0 radical (unpaired) electrons. The van der Waals surface area contributed by atoms with Crippen LogP contribution in [0.1, 0.15) is 35.7 Å². The quantitative estimate of drug-likeness (QED) is 0.507. The fourth-order valence-corrected chi connectivity index (χ4v) is 4.77. The van der Waals surface area contributed by atoms with Crippen LogP contribution in [0.5, 0.6) is 0 Å². The minimum Gasteiger partial charge on any atom is -0.350 e. The first-order valence-corrected chi connectivity index (χ1v) is 12.1. The van der Waals surface area contributed by atoms with Gasteiger partial charge in [0.15, 0.2) is 0 Å². The Labute approximate surface area is 206 Å². The average molecular weight is 474 g/mol. The normalized spacial score (nSPS) is 18.1. The van der Waals surface area contributed by atoms with Gasteiger partial charge in [-0.1, -0.05) is 48.5 Å². The van der Waals surface area contributed by atoms with E-state index in [1.54, 1.807) is 6.92 Å². The van der Waals surface area contributed by atoms with Crippen LogP contribution in [-0.4, -0.2) is 42.4 Å². The van der Waals surface area contributed by atoms with E-state index in [9.17, 15) is 14.0 Å². The van der Waals surface area contributed by atoms with E-state index in [1.807, 2.05) is 53.4 Å². The molecule has 2 amide bonds. The Kier molecular flexibility index (Phi) is 8.27. The lowest BCUT2D eigenvalue weighted by Crippen LogP contribution is -2.50. The minimum absolute atomic E-state index is 0.0412. The largest absolute Gasteiger partial charge is 0.350 e. The zero-order valence-corrected chi connectivity index (χ0v) is 20.1. The van der Waals surface area contributed by atoms with Crippen molar-refractivity contribution in [3.63, 3.8) is 0 Å². The number of piperidine rings is 1. The van der Waals surface area contributed by atoms with Gasteiger partial charge in [0.05, 0.1) is 0 Å². The Morgan fingerprint density at radius 1 is 0.943 bits per heavy atom. The van der Waals surface area contributed by atoms with Gasteiger partial charge in [-0.2, -0.15) is 0 Å². The molecule has 35 heavy (non-hydrogen) atoms. The number of para-hydroxylation sites is 1. The summed E-state index contributed by atoms with van der Waals surface area (Å²) in [6.45, 7) is 4.41. The third kappa shape index (κ3) is 6.76.